The molecule has 1 aromatic rings. The predicted octanol–water partition coefficient (Wildman–Crippen LogP) is 2.57. The van der Waals surface area contributed by atoms with Gasteiger partial charge in [0, 0.05) is 36.9 Å². The number of rotatable bonds is 1. The number of amides is 1. The Morgan fingerprint density at radius 2 is 2.12 bits per heavy atom. The van der Waals surface area contributed by atoms with Gasteiger partial charge >= 0.3 is 0 Å². The Labute approximate surface area is 104 Å². The first-order chi connectivity index (χ1) is 7.66. The maximum Gasteiger partial charge on any atom is 0.219 e. The van der Waals surface area contributed by atoms with Gasteiger partial charge in [-0.05, 0) is 46.3 Å². The number of carbonyl (C=O) groups excluding carboxylic acids is 1. The Hall–Kier alpha value is -0.900. The molecule has 0 bridgehead atoms. The minimum absolute atomic E-state index is 0.186. The van der Waals surface area contributed by atoms with Gasteiger partial charge in [-0.2, -0.15) is 0 Å². The van der Waals surface area contributed by atoms with E-state index in [1.807, 2.05) is 11.1 Å². The molecular formula is C12H15BrN2O. The Morgan fingerprint density at radius 3 is 2.69 bits per heavy atom. The summed E-state index contributed by atoms with van der Waals surface area (Å²) in [5.74, 6) is 0.728. The van der Waals surface area contributed by atoms with Crippen LogP contribution in [-0.2, 0) is 4.79 Å². The summed E-state index contributed by atoms with van der Waals surface area (Å²) >= 11 is 3.44. The molecule has 0 spiro atoms. The SMILES string of the molecule is CC(=O)N1CCC(c2cncc(Br)c2)CC1. The predicted molar refractivity (Wildman–Crippen MR) is 66.2 cm³/mol. The number of hydrogen-bond donors (Lipinski definition) is 0. The standard InChI is InChI=1S/C12H15BrN2O/c1-9(16)15-4-2-10(3-5-15)11-6-12(13)8-14-7-11/h6-8,10H,2-5H2,1H3. The van der Waals surface area contributed by atoms with Crippen LogP contribution in [0.15, 0.2) is 22.9 Å². The van der Waals surface area contributed by atoms with E-state index in [-0.39, 0.29) is 5.91 Å². The molecule has 1 aliphatic rings. The summed E-state index contributed by atoms with van der Waals surface area (Å²) in [7, 11) is 0. The highest BCUT2D eigenvalue weighted by Crippen LogP contribution is 2.28. The van der Waals surface area contributed by atoms with E-state index in [4.69, 9.17) is 0 Å². The number of carbonyl (C=O) groups is 1. The van der Waals surface area contributed by atoms with Crippen LogP contribution >= 0.6 is 15.9 Å². The van der Waals surface area contributed by atoms with Crippen molar-refractivity contribution in [3.05, 3.63) is 28.5 Å². The summed E-state index contributed by atoms with van der Waals surface area (Å²) in [5, 5.41) is 0. The molecular weight excluding hydrogens is 268 g/mol. The first-order valence-corrected chi connectivity index (χ1v) is 6.32. The van der Waals surface area contributed by atoms with E-state index in [9.17, 15) is 4.79 Å². The summed E-state index contributed by atoms with van der Waals surface area (Å²) in [6.45, 7) is 3.38. The lowest BCUT2D eigenvalue weighted by Crippen LogP contribution is -2.36. The zero-order valence-corrected chi connectivity index (χ0v) is 10.9. The quantitative estimate of drug-likeness (QED) is 0.793. The van der Waals surface area contributed by atoms with Gasteiger partial charge in [0.15, 0.2) is 0 Å². The van der Waals surface area contributed by atoms with Crippen LogP contribution in [0.3, 0.4) is 0 Å². The molecule has 1 fully saturated rings. The molecule has 1 aromatic heterocycles. The second kappa shape index (κ2) is 4.95. The smallest absolute Gasteiger partial charge is 0.219 e. The van der Waals surface area contributed by atoms with Gasteiger partial charge in [0.25, 0.3) is 0 Å². The fourth-order valence-corrected chi connectivity index (χ4v) is 2.56. The number of hydrogen-bond acceptors (Lipinski definition) is 2. The normalized spacial score (nSPS) is 17.5. The number of nitrogens with zero attached hydrogens (tertiary/aromatic N) is 2. The van der Waals surface area contributed by atoms with Crippen molar-refractivity contribution >= 4 is 21.8 Å². The van der Waals surface area contributed by atoms with E-state index in [0.717, 1.165) is 30.4 Å². The number of likely N-dealkylation sites (tertiary alicyclic amines) is 1. The fourth-order valence-electron chi connectivity index (χ4n) is 2.18. The van der Waals surface area contributed by atoms with Crippen LogP contribution < -0.4 is 0 Å². The average molecular weight is 283 g/mol. The Bertz CT molecular complexity index is 386. The Balaban J connectivity index is 2.01. The number of pyridine rings is 1. The van der Waals surface area contributed by atoms with Crippen LogP contribution in [0, 0.1) is 0 Å². The van der Waals surface area contributed by atoms with Crippen molar-refractivity contribution in [2.45, 2.75) is 25.7 Å². The van der Waals surface area contributed by atoms with Gasteiger partial charge in [-0.15, -0.1) is 0 Å². The van der Waals surface area contributed by atoms with Crippen LogP contribution in [-0.4, -0.2) is 28.9 Å². The van der Waals surface area contributed by atoms with Crippen LogP contribution in [0.1, 0.15) is 31.2 Å². The van der Waals surface area contributed by atoms with Gasteiger partial charge in [-0.3, -0.25) is 9.78 Å². The van der Waals surface area contributed by atoms with Gasteiger partial charge in [-0.1, -0.05) is 0 Å². The van der Waals surface area contributed by atoms with Gasteiger partial charge in [-0.25, -0.2) is 0 Å². The third kappa shape index (κ3) is 2.61. The van der Waals surface area contributed by atoms with E-state index in [1.165, 1.54) is 5.56 Å². The lowest BCUT2D eigenvalue weighted by atomic mass is 9.90. The number of aromatic nitrogens is 1. The molecule has 3 nitrogen and oxygen atoms in total. The Kier molecular flexibility index (Phi) is 3.59. The molecule has 1 aliphatic heterocycles. The molecule has 0 radical (unpaired) electrons. The van der Waals surface area contributed by atoms with Crippen molar-refractivity contribution in [3.63, 3.8) is 0 Å². The zero-order chi connectivity index (χ0) is 11.5. The van der Waals surface area contributed by atoms with Crippen molar-refractivity contribution < 1.29 is 4.79 Å². The number of halogens is 1. The highest BCUT2D eigenvalue weighted by molar-refractivity contribution is 9.10. The van der Waals surface area contributed by atoms with Crippen molar-refractivity contribution in [2.75, 3.05) is 13.1 Å². The van der Waals surface area contributed by atoms with Crippen LogP contribution in [0.2, 0.25) is 0 Å². The molecule has 1 amide bonds. The zero-order valence-electron chi connectivity index (χ0n) is 9.32. The Morgan fingerprint density at radius 1 is 1.44 bits per heavy atom. The molecule has 0 aromatic carbocycles. The van der Waals surface area contributed by atoms with Crippen LogP contribution in [0.5, 0.6) is 0 Å². The molecule has 0 atom stereocenters. The van der Waals surface area contributed by atoms with E-state index in [1.54, 1.807) is 13.1 Å². The third-order valence-corrected chi connectivity index (χ3v) is 3.57. The van der Waals surface area contributed by atoms with Crippen molar-refractivity contribution in [3.8, 4) is 0 Å². The van der Waals surface area contributed by atoms with Gasteiger partial charge in [0.05, 0.1) is 0 Å². The first-order valence-electron chi connectivity index (χ1n) is 5.53. The molecule has 4 heteroatoms. The third-order valence-electron chi connectivity index (χ3n) is 3.14. The summed E-state index contributed by atoms with van der Waals surface area (Å²) in [4.78, 5) is 17.3. The minimum atomic E-state index is 0.186. The molecule has 2 heterocycles. The topological polar surface area (TPSA) is 33.2 Å². The summed E-state index contributed by atoms with van der Waals surface area (Å²) in [5.41, 5.74) is 1.28. The largest absolute Gasteiger partial charge is 0.343 e. The second-order valence-electron chi connectivity index (χ2n) is 4.22. The van der Waals surface area contributed by atoms with Gasteiger partial charge in [0.1, 0.15) is 0 Å². The molecule has 0 N–H and O–H groups in total. The fraction of sp³-hybridized carbons (Fsp3) is 0.500. The molecule has 2 rings (SSSR count). The number of piperidine rings is 1. The maximum absolute atomic E-state index is 11.2. The van der Waals surface area contributed by atoms with Crippen molar-refractivity contribution in [1.82, 2.24) is 9.88 Å². The van der Waals surface area contributed by atoms with E-state index in [0.29, 0.717) is 5.92 Å². The molecule has 1 saturated heterocycles. The molecule has 0 aliphatic carbocycles. The molecule has 0 unspecified atom stereocenters. The van der Waals surface area contributed by atoms with Crippen molar-refractivity contribution in [2.24, 2.45) is 0 Å². The van der Waals surface area contributed by atoms with Crippen LogP contribution in [0.25, 0.3) is 0 Å². The van der Waals surface area contributed by atoms with Crippen molar-refractivity contribution in [1.29, 1.82) is 0 Å². The van der Waals surface area contributed by atoms with E-state index >= 15 is 0 Å². The first kappa shape index (κ1) is 11.6. The lowest BCUT2D eigenvalue weighted by molar-refractivity contribution is -0.129. The monoisotopic (exact) mass is 282 g/mol. The summed E-state index contributed by atoms with van der Waals surface area (Å²) < 4.78 is 1.03. The van der Waals surface area contributed by atoms with Gasteiger partial charge < -0.3 is 4.90 Å². The second-order valence-corrected chi connectivity index (χ2v) is 5.13. The summed E-state index contributed by atoms with van der Waals surface area (Å²) in [6, 6.07) is 2.13. The highest BCUT2D eigenvalue weighted by Gasteiger charge is 2.22. The summed E-state index contributed by atoms with van der Waals surface area (Å²) in [6.07, 6.45) is 5.81. The lowest BCUT2D eigenvalue weighted by Gasteiger charge is -2.31. The van der Waals surface area contributed by atoms with E-state index < -0.39 is 0 Å². The minimum Gasteiger partial charge on any atom is -0.343 e. The molecule has 86 valence electrons. The maximum atomic E-state index is 11.2. The highest BCUT2D eigenvalue weighted by atomic mass is 79.9. The molecule has 0 saturated carbocycles. The average Bonchev–Trinajstić information content (AvgIpc) is 2.29. The van der Waals surface area contributed by atoms with Gasteiger partial charge in [0.2, 0.25) is 5.91 Å². The van der Waals surface area contributed by atoms with E-state index in [2.05, 4.69) is 27.0 Å². The van der Waals surface area contributed by atoms with Crippen LogP contribution in [0.4, 0.5) is 0 Å². The molecule has 16 heavy (non-hydrogen) atoms.